The third-order valence-electron chi connectivity index (χ3n) is 6.78. The number of hydrazine groups is 1. The van der Waals surface area contributed by atoms with Crippen molar-refractivity contribution in [3.8, 4) is 0 Å². The van der Waals surface area contributed by atoms with Gasteiger partial charge in [-0.1, -0.05) is 49.6 Å². The Morgan fingerprint density at radius 1 is 1.11 bits per heavy atom. The van der Waals surface area contributed by atoms with Crippen molar-refractivity contribution < 1.29 is 34.1 Å². The van der Waals surface area contributed by atoms with Gasteiger partial charge >= 0.3 is 5.97 Å². The van der Waals surface area contributed by atoms with Crippen molar-refractivity contribution in [2.75, 3.05) is 6.61 Å². The molecule has 10 nitrogen and oxygen atoms in total. The number of carbonyl (C=O) groups excluding carboxylic acids is 2. The molecule has 4 unspecified atom stereocenters. The Morgan fingerprint density at radius 3 is 2.27 bits per heavy atom. The van der Waals surface area contributed by atoms with E-state index in [9.17, 15) is 24.6 Å². The summed E-state index contributed by atoms with van der Waals surface area (Å²) in [4.78, 5) is 36.8. The lowest BCUT2D eigenvalue weighted by Gasteiger charge is -2.41. The van der Waals surface area contributed by atoms with Crippen LogP contribution in [0.4, 0.5) is 0 Å². The van der Waals surface area contributed by atoms with Gasteiger partial charge in [-0.25, -0.2) is 10.2 Å². The number of aliphatic hydroxyl groups excluding tert-OH is 1. The molecule has 0 saturated heterocycles. The van der Waals surface area contributed by atoms with Gasteiger partial charge in [-0.05, 0) is 45.1 Å². The van der Waals surface area contributed by atoms with E-state index in [1.165, 1.54) is 20.3 Å². The van der Waals surface area contributed by atoms with Gasteiger partial charge in [0.2, 0.25) is 11.8 Å². The first kappa shape index (κ1) is 30.7. The van der Waals surface area contributed by atoms with Crippen LogP contribution in [0.1, 0.15) is 72.3 Å². The summed E-state index contributed by atoms with van der Waals surface area (Å²) in [6.45, 7) is 8.19. The maximum Gasteiger partial charge on any atom is 0.330 e. The van der Waals surface area contributed by atoms with Crippen molar-refractivity contribution in [2.45, 2.75) is 103 Å². The van der Waals surface area contributed by atoms with Crippen molar-refractivity contribution >= 4 is 17.8 Å². The fourth-order valence-electron chi connectivity index (χ4n) is 4.63. The maximum atomic E-state index is 12.5. The topological polar surface area (TPSA) is 137 Å². The number of rotatable bonds is 14. The van der Waals surface area contributed by atoms with Crippen LogP contribution in [0.2, 0.25) is 0 Å². The van der Waals surface area contributed by atoms with Crippen molar-refractivity contribution in [3.05, 3.63) is 35.9 Å². The predicted octanol–water partition coefficient (Wildman–Crippen LogP) is 2.60. The molecule has 0 radical (unpaired) electrons. The second-order valence-corrected chi connectivity index (χ2v) is 10.3. The molecule has 1 fully saturated rings. The molecular formula is C27H43N3O7. The highest BCUT2D eigenvalue weighted by Crippen LogP contribution is 2.27. The van der Waals surface area contributed by atoms with E-state index in [4.69, 9.17) is 9.47 Å². The van der Waals surface area contributed by atoms with Crippen molar-refractivity contribution in [1.29, 1.82) is 0 Å². The molecule has 208 valence electrons. The van der Waals surface area contributed by atoms with E-state index in [-0.39, 0.29) is 6.61 Å². The van der Waals surface area contributed by atoms with E-state index in [2.05, 4.69) is 10.7 Å². The number of amides is 2. The lowest BCUT2D eigenvalue weighted by molar-refractivity contribution is -0.168. The average molecular weight is 522 g/mol. The Kier molecular flexibility index (Phi) is 12.0. The van der Waals surface area contributed by atoms with Crippen LogP contribution in [0.15, 0.2) is 30.3 Å². The van der Waals surface area contributed by atoms with Gasteiger partial charge in [-0.15, -0.1) is 0 Å². The molecule has 0 heterocycles. The Labute approximate surface area is 219 Å². The molecule has 0 aliphatic heterocycles. The van der Waals surface area contributed by atoms with E-state index < -0.39 is 47.8 Å². The highest BCUT2D eigenvalue weighted by molar-refractivity contribution is 5.82. The van der Waals surface area contributed by atoms with Crippen LogP contribution in [0, 0.1) is 5.92 Å². The highest BCUT2D eigenvalue weighted by atomic mass is 16.5. The second-order valence-electron chi connectivity index (χ2n) is 10.3. The summed E-state index contributed by atoms with van der Waals surface area (Å²) < 4.78 is 12.0. The third-order valence-corrected chi connectivity index (χ3v) is 6.78. The minimum Gasteiger partial charge on any atom is -0.480 e. The van der Waals surface area contributed by atoms with Crippen LogP contribution in [-0.4, -0.2) is 69.6 Å². The van der Waals surface area contributed by atoms with E-state index in [0.29, 0.717) is 12.5 Å². The Hall–Kier alpha value is -2.53. The number of aliphatic carboxylic acids is 1. The van der Waals surface area contributed by atoms with Crippen molar-refractivity contribution in [3.63, 3.8) is 0 Å². The molecule has 1 aliphatic carbocycles. The predicted molar refractivity (Wildman–Crippen MR) is 138 cm³/mol. The maximum absolute atomic E-state index is 12.5. The van der Waals surface area contributed by atoms with Gasteiger partial charge < -0.3 is 25.0 Å². The van der Waals surface area contributed by atoms with Gasteiger partial charge in [0.05, 0.1) is 31.0 Å². The molecule has 4 N–H and O–H groups in total. The minimum absolute atomic E-state index is 0.149. The molecule has 10 heteroatoms. The Morgan fingerprint density at radius 2 is 1.73 bits per heavy atom. The number of nitrogens with one attached hydrogen (secondary N) is 2. The summed E-state index contributed by atoms with van der Waals surface area (Å²) in [7, 11) is 0. The summed E-state index contributed by atoms with van der Waals surface area (Å²) >= 11 is 0. The number of benzene rings is 1. The zero-order valence-electron chi connectivity index (χ0n) is 22.6. The summed E-state index contributed by atoms with van der Waals surface area (Å²) in [6, 6.07) is 6.82. The number of ether oxygens (including phenoxy) is 2. The first-order valence-electron chi connectivity index (χ1n) is 13.0. The molecule has 1 saturated carbocycles. The number of hydrogen-bond donors (Lipinski definition) is 4. The number of aliphatic hydroxyl groups is 1. The van der Waals surface area contributed by atoms with E-state index >= 15 is 0 Å². The molecule has 37 heavy (non-hydrogen) atoms. The molecule has 0 aromatic heterocycles. The number of carbonyl (C=O) groups is 3. The smallest absolute Gasteiger partial charge is 0.330 e. The van der Waals surface area contributed by atoms with Gasteiger partial charge in [0, 0.05) is 13.8 Å². The van der Waals surface area contributed by atoms with Crippen LogP contribution in [0.5, 0.6) is 0 Å². The number of carboxylic acid groups (broad SMARTS) is 1. The largest absolute Gasteiger partial charge is 0.480 e. The van der Waals surface area contributed by atoms with Gasteiger partial charge in [0.15, 0.2) is 6.04 Å². The highest BCUT2D eigenvalue weighted by Gasteiger charge is 2.41. The first-order chi connectivity index (χ1) is 17.4. The molecule has 2 rings (SSSR count). The lowest BCUT2D eigenvalue weighted by Crippen LogP contribution is -2.67. The molecule has 0 bridgehead atoms. The first-order valence-corrected chi connectivity index (χ1v) is 13.0. The molecule has 0 spiro atoms. The number of carboxylic acids is 1. The summed E-state index contributed by atoms with van der Waals surface area (Å²) in [5.41, 5.74) is 2.44. The van der Waals surface area contributed by atoms with E-state index in [1.54, 1.807) is 20.8 Å². The lowest BCUT2D eigenvalue weighted by atomic mass is 9.89. The van der Waals surface area contributed by atoms with Crippen LogP contribution in [0.25, 0.3) is 0 Å². The zero-order valence-corrected chi connectivity index (χ0v) is 22.6. The summed E-state index contributed by atoms with van der Waals surface area (Å²) in [5.74, 6) is -1.93. The zero-order chi connectivity index (χ0) is 27.6. The monoisotopic (exact) mass is 521 g/mol. The van der Waals surface area contributed by atoms with Gasteiger partial charge in [-0.3, -0.25) is 14.6 Å². The molecule has 4 atom stereocenters. The molecule has 1 aromatic carbocycles. The number of hydrogen-bond acceptors (Lipinski definition) is 7. The van der Waals surface area contributed by atoms with Crippen molar-refractivity contribution in [2.24, 2.45) is 5.92 Å². The molecule has 1 aromatic rings. The fourth-order valence-corrected chi connectivity index (χ4v) is 4.63. The molecule has 1 aliphatic rings. The molecular weight excluding hydrogens is 478 g/mol. The third kappa shape index (κ3) is 9.70. The standard InChI is InChI=1S/C27H43N3O7/c1-18(36-16-21-12-8-6-9-13-21)23(26(34)35)30(20(3)32)29-25(33)24(28-19(2)31)27(4,5)37-17-22-14-10-7-11-15-22/h6,8-9,12-13,18,22-25,29,33H,7,10-11,14-17H2,1-5H3,(H,28,31)(H,34,35). The summed E-state index contributed by atoms with van der Waals surface area (Å²) in [5, 5.41) is 24.6. The Balaban J connectivity index is 2.16. The van der Waals surface area contributed by atoms with Crippen LogP contribution < -0.4 is 10.7 Å². The van der Waals surface area contributed by atoms with E-state index in [1.807, 2.05) is 30.3 Å². The van der Waals surface area contributed by atoms with E-state index in [0.717, 1.165) is 36.3 Å². The van der Waals surface area contributed by atoms with Gasteiger partial charge in [0.25, 0.3) is 0 Å². The number of nitrogens with zero attached hydrogens (tertiary/aromatic N) is 1. The van der Waals surface area contributed by atoms with Crippen LogP contribution in [-0.2, 0) is 30.5 Å². The van der Waals surface area contributed by atoms with Gasteiger partial charge in [0.1, 0.15) is 6.23 Å². The summed E-state index contributed by atoms with van der Waals surface area (Å²) in [6.07, 6.45) is 3.22. The quantitative estimate of drug-likeness (QED) is 0.217. The SMILES string of the molecule is CC(=O)NC(C(O)NN(C(C)=O)C(C(=O)O)C(C)OCc1ccccc1)C(C)(C)OCC1CCCCC1. The minimum atomic E-state index is -1.53. The fraction of sp³-hybridized carbons (Fsp3) is 0.667. The average Bonchev–Trinajstić information content (AvgIpc) is 2.85. The van der Waals surface area contributed by atoms with Gasteiger partial charge in [-0.2, -0.15) is 0 Å². The van der Waals surface area contributed by atoms with Crippen molar-refractivity contribution in [1.82, 2.24) is 15.8 Å². The second kappa shape index (κ2) is 14.4. The van der Waals surface area contributed by atoms with Crippen LogP contribution >= 0.6 is 0 Å². The normalized spacial score (nSPS) is 17.9. The molecule has 2 amide bonds. The van der Waals surface area contributed by atoms with Crippen LogP contribution in [0.3, 0.4) is 0 Å². The Bertz CT molecular complexity index is 874.